The molecule has 1 aliphatic carbocycles. The van der Waals surface area contributed by atoms with E-state index in [1.54, 1.807) is 19.4 Å². The number of rotatable bonds is 4. The lowest BCUT2D eigenvalue weighted by molar-refractivity contribution is 0.145. The second kappa shape index (κ2) is 8.67. The van der Waals surface area contributed by atoms with E-state index < -0.39 is 12.2 Å². The summed E-state index contributed by atoms with van der Waals surface area (Å²) in [5.41, 5.74) is 11.0. The Morgan fingerprint density at radius 2 is 2.00 bits per heavy atom. The van der Waals surface area contributed by atoms with Crippen LogP contribution >= 0.6 is 11.9 Å². The SMILES string of the molecule is COc1c(C)cnc(Cn2nc3cc(CN)c4c-3c(n2)C(N(C(=O)O)C(=O)O)=NSC4)c1C. The van der Waals surface area contributed by atoms with Crippen LogP contribution in [0.15, 0.2) is 16.7 Å². The molecule has 0 atom stereocenters. The number of nitrogens with zero attached hydrogens (tertiary/aromatic N) is 6. The Balaban J connectivity index is 1.91. The first-order valence-corrected chi connectivity index (χ1v) is 10.8. The Bertz CT molecular complexity index is 1260. The molecule has 0 radical (unpaired) electrons. The molecule has 0 saturated heterocycles. The first-order valence-electron chi connectivity index (χ1n) is 9.81. The van der Waals surface area contributed by atoms with Gasteiger partial charge in [-0.1, -0.05) is 0 Å². The summed E-state index contributed by atoms with van der Waals surface area (Å²) in [5, 5.41) is 28.1. The molecule has 0 saturated carbocycles. The van der Waals surface area contributed by atoms with E-state index in [1.165, 1.54) is 4.80 Å². The number of aromatic nitrogens is 4. The van der Waals surface area contributed by atoms with Crippen LogP contribution < -0.4 is 10.5 Å². The van der Waals surface area contributed by atoms with Gasteiger partial charge in [-0.25, -0.2) is 9.59 Å². The maximum absolute atomic E-state index is 11.7. The lowest BCUT2D eigenvalue weighted by Crippen LogP contribution is -2.41. The van der Waals surface area contributed by atoms with Gasteiger partial charge in [0.15, 0.2) is 5.84 Å². The maximum atomic E-state index is 11.7. The third-order valence-electron chi connectivity index (χ3n) is 5.36. The van der Waals surface area contributed by atoms with Crippen LogP contribution in [0.1, 0.15) is 33.6 Å². The van der Waals surface area contributed by atoms with Gasteiger partial charge in [0.05, 0.1) is 18.5 Å². The number of pyridine rings is 1. The lowest BCUT2D eigenvalue weighted by atomic mass is 10.1. The van der Waals surface area contributed by atoms with E-state index in [0.717, 1.165) is 34.2 Å². The van der Waals surface area contributed by atoms with E-state index in [9.17, 15) is 19.8 Å². The monoisotopic (exact) mass is 471 g/mol. The molecule has 4 rings (SSSR count). The van der Waals surface area contributed by atoms with Crippen LogP contribution in [0.3, 0.4) is 0 Å². The number of carbonyl (C=O) groups is 2. The number of aryl methyl sites for hydroxylation is 1. The normalized spacial score (nSPS) is 12.9. The Kier molecular flexibility index (Phi) is 5.91. The molecular weight excluding hydrogens is 450 g/mol. The Morgan fingerprint density at radius 1 is 1.27 bits per heavy atom. The highest BCUT2D eigenvalue weighted by atomic mass is 32.2. The van der Waals surface area contributed by atoms with Gasteiger partial charge in [-0.3, -0.25) is 4.98 Å². The molecule has 2 aliphatic heterocycles. The number of imide groups is 1. The maximum Gasteiger partial charge on any atom is 0.422 e. The van der Waals surface area contributed by atoms with Crippen molar-refractivity contribution >= 4 is 30.0 Å². The van der Waals surface area contributed by atoms with E-state index in [-0.39, 0.29) is 29.5 Å². The number of amides is 2. The largest absolute Gasteiger partial charge is 0.496 e. The van der Waals surface area contributed by atoms with E-state index in [4.69, 9.17) is 10.5 Å². The van der Waals surface area contributed by atoms with Crippen LogP contribution in [-0.4, -0.2) is 60.2 Å². The van der Waals surface area contributed by atoms with Crippen LogP contribution in [0.2, 0.25) is 0 Å². The quantitative estimate of drug-likeness (QED) is 0.480. The van der Waals surface area contributed by atoms with Gasteiger partial charge in [0.25, 0.3) is 0 Å². The molecule has 1 aromatic rings. The van der Waals surface area contributed by atoms with E-state index in [2.05, 4.69) is 19.6 Å². The first kappa shape index (κ1) is 22.5. The minimum Gasteiger partial charge on any atom is -0.496 e. The third-order valence-corrected chi connectivity index (χ3v) is 6.08. The summed E-state index contributed by atoms with van der Waals surface area (Å²) in [7, 11) is 1.58. The molecule has 0 unspecified atom stereocenters. The fourth-order valence-corrected chi connectivity index (χ4v) is 4.66. The van der Waals surface area contributed by atoms with Gasteiger partial charge in [-0.15, -0.1) is 0 Å². The number of nitrogens with two attached hydrogens (primary N) is 1. The van der Waals surface area contributed by atoms with Crippen molar-refractivity contribution in [1.82, 2.24) is 24.9 Å². The average molecular weight is 471 g/mol. The molecule has 1 aromatic heterocycles. The fraction of sp³-hybridized carbons (Fsp3) is 0.300. The van der Waals surface area contributed by atoms with Crippen LogP contribution in [0.5, 0.6) is 5.75 Å². The fourth-order valence-electron chi connectivity index (χ4n) is 3.84. The van der Waals surface area contributed by atoms with Crippen molar-refractivity contribution in [3.8, 4) is 17.0 Å². The molecule has 172 valence electrons. The molecule has 33 heavy (non-hydrogen) atoms. The van der Waals surface area contributed by atoms with Gasteiger partial charge in [-0.05, 0) is 43.0 Å². The second-order valence-corrected chi connectivity index (χ2v) is 8.06. The molecule has 13 heteroatoms. The molecule has 3 heterocycles. The van der Waals surface area contributed by atoms with Gasteiger partial charge in [0.2, 0.25) is 0 Å². The highest BCUT2D eigenvalue weighted by Gasteiger charge is 2.35. The molecule has 4 N–H and O–H groups in total. The van der Waals surface area contributed by atoms with Crippen molar-refractivity contribution in [2.24, 2.45) is 10.1 Å². The van der Waals surface area contributed by atoms with E-state index >= 15 is 0 Å². The van der Waals surface area contributed by atoms with E-state index in [0.29, 0.717) is 28.5 Å². The predicted molar refractivity (Wildman–Crippen MR) is 120 cm³/mol. The summed E-state index contributed by atoms with van der Waals surface area (Å²) in [4.78, 5) is 29.4. The van der Waals surface area contributed by atoms with Crippen LogP contribution in [0, 0.1) is 13.8 Å². The summed E-state index contributed by atoms with van der Waals surface area (Å²) < 4.78 is 9.64. The average Bonchev–Trinajstić information content (AvgIpc) is 3.01. The highest BCUT2D eigenvalue weighted by molar-refractivity contribution is 7.97. The zero-order valence-corrected chi connectivity index (χ0v) is 18.9. The summed E-state index contributed by atoms with van der Waals surface area (Å²) in [6.45, 7) is 4.14. The van der Waals surface area contributed by atoms with Crippen LogP contribution in [0.4, 0.5) is 9.59 Å². The Hall–Kier alpha value is -3.71. The van der Waals surface area contributed by atoms with Gasteiger partial charge in [-0.2, -0.15) is 24.3 Å². The summed E-state index contributed by atoms with van der Waals surface area (Å²) in [5.74, 6) is 0.769. The lowest BCUT2D eigenvalue weighted by Gasteiger charge is -2.18. The molecule has 0 spiro atoms. The first-order chi connectivity index (χ1) is 15.8. The van der Waals surface area contributed by atoms with Crippen molar-refractivity contribution in [3.05, 3.63) is 45.9 Å². The number of hydrogen-bond donors (Lipinski definition) is 3. The topological polar surface area (TPSA) is 169 Å². The smallest absolute Gasteiger partial charge is 0.422 e. The number of carboxylic acid groups (broad SMARTS) is 2. The number of amidine groups is 1. The van der Waals surface area contributed by atoms with Gasteiger partial charge < -0.3 is 20.7 Å². The van der Waals surface area contributed by atoms with Crippen molar-refractivity contribution in [3.63, 3.8) is 0 Å². The minimum atomic E-state index is -1.69. The number of ether oxygens (including phenoxy) is 1. The van der Waals surface area contributed by atoms with Crippen LogP contribution in [0.25, 0.3) is 11.3 Å². The molecule has 0 bridgehead atoms. The predicted octanol–water partition coefficient (Wildman–Crippen LogP) is 2.48. The molecule has 0 fully saturated rings. The second-order valence-electron chi connectivity index (χ2n) is 7.33. The standard InChI is InChI=1S/C20H21N7O5S/c1-9-6-22-14(10(2)17(9)32-3)7-26-23-13-4-11(5-21)12-8-33-25-18(16(24-26)15(12)13)27(19(28)29)20(30)31/h4,6H,5,7-8,21H2,1-3H3,(H,28,29)(H,30,31). The molecular formula is C20H21N7O5S. The van der Waals surface area contributed by atoms with Crippen molar-refractivity contribution in [2.75, 3.05) is 7.11 Å². The molecule has 3 aliphatic rings. The number of methoxy groups -OCH3 is 1. The third kappa shape index (κ3) is 3.85. The van der Waals surface area contributed by atoms with Crippen molar-refractivity contribution in [1.29, 1.82) is 0 Å². The zero-order chi connectivity index (χ0) is 23.9. The molecule has 12 nitrogen and oxygen atoms in total. The highest BCUT2D eigenvalue weighted by Crippen LogP contribution is 2.38. The Labute approximate surface area is 192 Å². The summed E-state index contributed by atoms with van der Waals surface area (Å²) in [6.07, 6.45) is -1.69. The molecule has 0 aromatic carbocycles. The number of hydrogen-bond acceptors (Lipinski definition) is 9. The molecule has 2 amide bonds. The minimum absolute atomic E-state index is 0.0984. The van der Waals surface area contributed by atoms with Gasteiger partial charge in [0, 0.05) is 35.2 Å². The van der Waals surface area contributed by atoms with Crippen molar-refractivity contribution in [2.45, 2.75) is 32.7 Å². The van der Waals surface area contributed by atoms with Crippen LogP contribution in [-0.2, 0) is 18.8 Å². The van der Waals surface area contributed by atoms with Crippen molar-refractivity contribution < 1.29 is 24.5 Å². The van der Waals surface area contributed by atoms with E-state index in [1.807, 2.05) is 13.8 Å². The summed E-state index contributed by atoms with van der Waals surface area (Å²) >= 11 is 1.03. The van der Waals surface area contributed by atoms with Gasteiger partial charge >= 0.3 is 12.2 Å². The van der Waals surface area contributed by atoms with Gasteiger partial charge in [0.1, 0.15) is 18.0 Å². The Morgan fingerprint density at radius 3 is 2.64 bits per heavy atom. The summed E-state index contributed by atoms with van der Waals surface area (Å²) in [6, 6.07) is 1.80. The zero-order valence-electron chi connectivity index (χ0n) is 18.1.